The lowest BCUT2D eigenvalue weighted by molar-refractivity contribution is -0.140. The number of hydrogen-bond donors (Lipinski definition) is 3. The van der Waals surface area contributed by atoms with E-state index in [1.54, 1.807) is 0 Å². The molecule has 0 radical (unpaired) electrons. The van der Waals surface area contributed by atoms with Crippen molar-refractivity contribution in [3.63, 3.8) is 0 Å². The number of carbonyl (C=O) groups is 1. The number of benzene rings is 1. The molecule has 0 heterocycles. The van der Waals surface area contributed by atoms with Crippen LogP contribution >= 0.6 is 12.2 Å². The summed E-state index contributed by atoms with van der Waals surface area (Å²) in [5.41, 5.74) is 4.29. The first-order valence-electron chi connectivity index (χ1n) is 8.63. The summed E-state index contributed by atoms with van der Waals surface area (Å²) in [5, 5.41) is 17.7. The number of halogens is 1. The van der Waals surface area contributed by atoms with Gasteiger partial charge in [0, 0.05) is 24.1 Å². The van der Waals surface area contributed by atoms with Gasteiger partial charge in [-0.1, -0.05) is 13.3 Å². The van der Waals surface area contributed by atoms with E-state index >= 15 is 0 Å². The van der Waals surface area contributed by atoms with Gasteiger partial charge in [-0.25, -0.2) is 4.39 Å². The van der Waals surface area contributed by atoms with Gasteiger partial charge in [0.1, 0.15) is 11.6 Å². The number of hydrazone groups is 1. The van der Waals surface area contributed by atoms with E-state index in [1.165, 1.54) is 19.2 Å². The molecule has 142 valence electrons. The summed E-state index contributed by atoms with van der Waals surface area (Å²) in [7, 11) is 1.38. The Balaban J connectivity index is 1.80. The molecule has 0 fully saturated rings. The maximum atomic E-state index is 14.0. The number of methoxy groups -OCH3 is 1. The van der Waals surface area contributed by atoms with Gasteiger partial charge in [-0.05, 0) is 49.5 Å². The van der Waals surface area contributed by atoms with Gasteiger partial charge < -0.3 is 15.2 Å². The number of unbranched alkanes of at least 4 members (excludes halogenated alkanes) is 2. The molecule has 8 heteroatoms. The van der Waals surface area contributed by atoms with Gasteiger partial charge in [0.05, 0.1) is 12.8 Å². The van der Waals surface area contributed by atoms with Crippen molar-refractivity contribution in [1.82, 2.24) is 10.7 Å². The zero-order valence-corrected chi connectivity index (χ0v) is 15.8. The van der Waals surface area contributed by atoms with Crippen molar-refractivity contribution < 1.29 is 19.0 Å². The third kappa shape index (κ3) is 5.14. The van der Waals surface area contributed by atoms with Crippen LogP contribution in [0.3, 0.4) is 0 Å². The number of hydrogen-bond acceptors (Lipinski definition) is 5. The lowest BCUT2D eigenvalue weighted by atomic mass is 10.0. The zero-order chi connectivity index (χ0) is 19.1. The van der Waals surface area contributed by atoms with E-state index in [9.17, 15) is 14.3 Å². The topological polar surface area (TPSA) is 83.0 Å². The summed E-state index contributed by atoms with van der Waals surface area (Å²) in [6.45, 7) is 2.56. The Morgan fingerprint density at radius 1 is 1.42 bits per heavy atom. The van der Waals surface area contributed by atoms with Crippen LogP contribution in [0.15, 0.2) is 17.2 Å². The number of thiocarbonyl (C=S) groups is 1. The Hall–Kier alpha value is -2.22. The average molecular weight is 381 g/mol. The van der Waals surface area contributed by atoms with E-state index in [0.29, 0.717) is 41.3 Å². The Morgan fingerprint density at radius 3 is 2.92 bits per heavy atom. The molecule has 3 N–H and O–H groups in total. The van der Waals surface area contributed by atoms with Crippen molar-refractivity contribution in [3.8, 4) is 5.75 Å². The highest BCUT2D eigenvalue weighted by Crippen LogP contribution is 2.39. The number of nitrogens with zero attached hydrogens (tertiary/aromatic N) is 1. The van der Waals surface area contributed by atoms with E-state index in [4.69, 9.17) is 12.2 Å². The summed E-state index contributed by atoms with van der Waals surface area (Å²) < 4.78 is 18.6. The largest absolute Gasteiger partial charge is 0.507 e. The minimum atomic E-state index is -0.330. The standard InChI is InChI=1S/C18H24FN3O3S/c1-11-10-13(17-14(23)8-7-12(19)16(11)17)21-22-18(26)20-9-5-3-4-6-15(24)25-2/h7-8,11,23H,3-6,9-10H2,1-2H3,(H2,20,22,26)/b21-13+/t11-/m0/s1. The maximum absolute atomic E-state index is 14.0. The van der Waals surface area contributed by atoms with E-state index in [-0.39, 0.29) is 23.5 Å². The molecule has 0 unspecified atom stereocenters. The van der Waals surface area contributed by atoms with Crippen LogP contribution in [-0.4, -0.2) is 35.6 Å². The molecular formula is C18H24FN3O3S. The van der Waals surface area contributed by atoms with Gasteiger partial charge >= 0.3 is 5.97 Å². The first-order chi connectivity index (χ1) is 12.4. The van der Waals surface area contributed by atoms with Crippen LogP contribution in [0.2, 0.25) is 0 Å². The summed E-state index contributed by atoms with van der Waals surface area (Å²) in [4.78, 5) is 11.0. The summed E-state index contributed by atoms with van der Waals surface area (Å²) in [5.74, 6) is -0.551. The molecule has 6 nitrogen and oxygen atoms in total. The Kier molecular flexibility index (Phi) is 7.32. The number of carbonyl (C=O) groups excluding carboxylic acids is 1. The molecular weight excluding hydrogens is 357 g/mol. The fourth-order valence-electron chi connectivity index (χ4n) is 3.00. The minimum Gasteiger partial charge on any atom is -0.507 e. The zero-order valence-electron chi connectivity index (χ0n) is 15.0. The number of phenols is 1. The highest BCUT2D eigenvalue weighted by atomic mass is 32.1. The fourth-order valence-corrected chi connectivity index (χ4v) is 3.14. The van der Waals surface area contributed by atoms with Crippen molar-refractivity contribution in [2.45, 2.75) is 44.9 Å². The predicted molar refractivity (Wildman–Crippen MR) is 102 cm³/mol. The van der Waals surface area contributed by atoms with Crippen LogP contribution in [0.5, 0.6) is 5.75 Å². The van der Waals surface area contributed by atoms with Gasteiger partial charge in [-0.2, -0.15) is 5.10 Å². The van der Waals surface area contributed by atoms with E-state index in [0.717, 1.165) is 19.3 Å². The number of ether oxygens (including phenoxy) is 1. The second-order valence-corrected chi connectivity index (χ2v) is 6.68. The molecule has 2 rings (SSSR count). The van der Waals surface area contributed by atoms with Crippen molar-refractivity contribution in [2.24, 2.45) is 5.10 Å². The number of rotatable bonds is 7. The van der Waals surface area contributed by atoms with Crippen LogP contribution in [0.25, 0.3) is 0 Å². The molecule has 1 aliphatic carbocycles. The first kappa shape index (κ1) is 20.1. The van der Waals surface area contributed by atoms with Gasteiger partial charge in [0.25, 0.3) is 0 Å². The van der Waals surface area contributed by atoms with Gasteiger partial charge in [0.2, 0.25) is 0 Å². The number of phenolic OH excluding ortho intramolecular Hbond substituents is 1. The molecule has 0 spiro atoms. The molecule has 0 saturated carbocycles. The molecule has 0 aliphatic heterocycles. The number of esters is 1. The van der Waals surface area contributed by atoms with Gasteiger partial charge in [-0.3, -0.25) is 10.2 Å². The van der Waals surface area contributed by atoms with Crippen LogP contribution in [-0.2, 0) is 9.53 Å². The van der Waals surface area contributed by atoms with E-state index in [2.05, 4.69) is 20.6 Å². The second-order valence-electron chi connectivity index (χ2n) is 6.27. The highest BCUT2D eigenvalue weighted by Gasteiger charge is 2.30. The molecule has 0 amide bonds. The third-order valence-electron chi connectivity index (χ3n) is 4.31. The fraction of sp³-hybridized carbons (Fsp3) is 0.500. The molecule has 0 saturated heterocycles. The molecule has 1 aliphatic rings. The van der Waals surface area contributed by atoms with Crippen LogP contribution in [0, 0.1) is 5.82 Å². The lowest BCUT2D eigenvalue weighted by Crippen LogP contribution is -2.33. The van der Waals surface area contributed by atoms with Crippen molar-refractivity contribution >= 4 is 29.0 Å². The molecule has 1 aromatic rings. The third-order valence-corrected chi connectivity index (χ3v) is 4.55. The minimum absolute atomic E-state index is 0.0239. The molecule has 0 aromatic heterocycles. The maximum Gasteiger partial charge on any atom is 0.305 e. The molecule has 0 bridgehead atoms. The average Bonchev–Trinajstić information content (AvgIpc) is 2.96. The molecule has 1 aromatic carbocycles. The van der Waals surface area contributed by atoms with Gasteiger partial charge in [-0.15, -0.1) is 0 Å². The van der Waals surface area contributed by atoms with Crippen molar-refractivity contribution in [2.75, 3.05) is 13.7 Å². The Bertz CT molecular complexity index is 709. The molecule has 1 atom stereocenters. The smallest absolute Gasteiger partial charge is 0.305 e. The number of nitrogens with one attached hydrogen (secondary N) is 2. The van der Waals surface area contributed by atoms with Crippen molar-refractivity contribution in [3.05, 3.63) is 29.1 Å². The monoisotopic (exact) mass is 381 g/mol. The first-order valence-corrected chi connectivity index (χ1v) is 9.03. The number of aromatic hydroxyl groups is 1. The lowest BCUT2D eigenvalue weighted by Gasteiger charge is -2.08. The predicted octanol–water partition coefficient (Wildman–Crippen LogP) is 2.94. The Morgan fingerprint density at radius 2 is 2.19 bits per heavy atom. The highest BCUT2D eigenvalue weighted by molar-refractivity contribution is 7.80. The number of fused-ring (bicyclic) bond motifs is 1. The SMILES string of the molecule is COC(=O)CCCCCNC(=S)N/N=C1\C[C@H](C)c2c(F)ccc(O)c21. The van der Waals surface area contributed by atoms with Crippen LogP contribution < -0.4 is 10.7 Å². The molecule has 26 heavy (non-hydrogen) atoms. The normalized spacial score (nSPS) is 17.0. The van der Waals surface area contributed by atoms with E-state index < -0.39 is 0 Å². The van der Waals surface area contributed by atoms with Crippen molar-refractivity contribution in [1.29, 1.82) is 0 Å². The Labute approximate surface area is 157 Å². The van der Waals surface area contributed by atoms with Crippen LogP contribution in [0.4, 0.5) is 4.39 Å². The van der Waals surface area contributed by atoms with E-state index in [1.807, 2.05) is 6.92 Å². The summed E-state index contributed by atoms with van der Waals surface area (Å²) in [6.07, 6.45) is 3.48. The van der Waals surface area contributed by atoms with Gasteiger partial charge in [0.15, 0.2) is 5.11 Å². The summed E-state index contributed by atoms with van der Waals surface area (Å²) in [6, 6.07) is 2.61. The summed E-state index contributed by atoms with van der Waals surface area (Å²) >= 11 is 5.17. The quantitative estimate of drug-likeness (QED) is 0.292. The second kappa shape index (κ2) is 9.47. The van der Waals surface area contributed by atoms with Crippen LogP contribution in [0.1, 0.15) is 56.1 Å².